The van der Waals surface area contributed by atoms with Crippen molar-refractivity contribution in [3.05, 3.63) is 72.7 Å². The molecule has 3 heterocycles. The number of halogens is 3. The summed E-state index contributed by atoms with van der Waals surface area (Å²) in [6.07, 6.45) is 2.36. The van der Waals surface area contributed by atoms with Crippen molar-refractivity contribution in [2.45, 2.75) is 25.4 Å². The van der Waals surface area contributed by atoms with Crippen LogP contribution in [0.4, 0.5) is 19.0 Å². The minimum atomic E-state index is -4.41. The lowest BCUT2D eigenvalue weighted by molar-refractivity contribution is -0.137. The molecule has 158 valence electrons. The highest BCUT2D eigenvalue weighted by atomic mass is 19.4. The van der Waals surface area contributed by atoms with E-state index in [1.54, 1.807) is 10.6 Å². The lowest BCUT2D eigenvalue weighted by atomic mass is 10.1. The molecule has 1 fully saturated rings. The highest BCUT2D eigenvalue weighted by Gasteiger charge is 2.31. The summed E-state index contributed by atoms with van der Waals surface area (Å²) in [6, 6.07) is 15.2. The third-order valence-electron chi connectivity index (χ3n) is 5.76. The smallest absolute Gasteiger partial charge is 0.356 e. The first kappa shape index (κ1) is 19.6. The van der Waals surface area contributed by atoms with Gasteiger partial charge in [-0.3, -0.25) is 0 Å². The van der Waals surface area contributed by atoms with Gasteiger partial charge in [-0.15, -0.1) is 0 Å². The zero-order valence-corrected chi connectivity index (χ0v) is 16.8. The number of rotatable bonds is 3. The third kappa shape index (κ3) is 3.65. The van der Waals surface area contributed by atoms with Crippen molar-refractivity contribution >= 4 is 16.9 Å². The van der Waals surface area contributed by atoms with Crippen LogP contribution in [0.25, 0.3) is 27.8 Å². The Kier molecular flexibility index (Phi) is 4.88. The Hall–Kier alpha value is -3.35. The molecule has 5 rings (SSSR count). The molecule has 0 N–H and O–H groups in total. The lowest BCUT2D eigenvalue weighted by Crippen LogP contribution is -2.30. The van der Waals surface area contributed by atoms with Gasteiger partial charge in [0, 0.05) is 30.5 Å². The summed E-state index contributed by atoms with van der Waals surface area (Å²) in [7, 11) is 0. The van der Waals surface area contributed by atoms with E-state index in [0.717, 1.165) is 60.4 Å². The summed E-state index contributed by atoms with van der Waals surface area (Å²) in [4.78, 5) is 11.4. The number of hydrogen-bond donors (Lipinski definition) is 0. The molecule has 31 heavy (non-hydrogen) atoms. The van der Waals surface area contributed by atoms with Gasteiger partial charge in [-0.2, -0.15) is 13.2 Å². The van der Waals surface area contributed by atoms with Crippen molar-refractivity contribution in [2.75, 3.05) is 18.0 Å². The molecule has 1 aliphatic heterocycles. The van der Waals surface area contributed by atoms with Crippen LogP contribution in [-0.2, 0) is 6.18 Å². The number of aromatic nitrogens is 3. The molecule has 4 nitrogen and oxygen atoms in total. The summed E-state index contributed by atoms with van der Waals surface area (Å²) >= 11 is 0. The highest BCUT2D eigenvalue weighted by molar-refractivity contribution is 6.02. The molecule has 2 aromatic carbocycles. The van der Waals surface area contributed by atoms with E-state index >= 15 is 0 Å². The van der Waals surface area contributed by atoms with E-state index in [-0.39, 0.29) is 0 Å². The fraction of sp³-hybridized carbons (Fsp3) is 0.250. The number of hydrogen-bond acceptors (Lipinski definition) is 3. The Labute approximate surface area is 178 Å². The van der Waals surface area contributed by atoms with Gasteiger partial charge in [-0.1, -0.05) is 36.4 Å². The van der Waals surface area contributed by atoms with Gasteiger partial charge in [0.2, 0.25) is 0 Å². The molecule has 0 bridgehead atoms. The van der Waals surface area contributed by atoms with Gasteiger partial charge < -0.3 is 9.47 Å². The molecule has 4 aromatic rings. The second-order valence-corrected chi connectivity index (χ2v) is 7.77. The Morgan fingerprint density at radius 1 is 0.839 bits per heavy atom. The number of piperidine rings is 1. The first-order valence-electron chi connectivity index (χ1n) is 10.4. The summed E-state index contributed by atoms with van der Waals surface area (Å²) in [6.45, 7) is 1.82. The summed E-state index contributed by atoms with van der Waals surface area (Å²) in [5.74, 6) is 0.842. The summed E-state index contributed by atoms with van der Waals surface area (Å²) in [5.41, 5.74) is 2.23. The number of alkyl halides is 3. The van der Waals surface area contributed by atoms with Crippen molar-refractivity contribution in [3.8, 4) is 16.8 Å². The minimum absolute atomic E-state index is 0.422. The second-order valence-electron chi connectivity index (χ2n) is 7.77. The molecule has 0 radical (unpaired) electrons. The molecule has 7 heteroatoms. The number of anilines is 1. The summed E-state index contributed by atoms with van der Waals surface area (Å²) < 4.78 is 41.7. The van der Waals surface area contributed by atoms with E-state index < -0.39 is 11.7 Å². The molecule has 0 unspecified atom stereocenters. The van der Waals surface area contributed by atoms with E-state index in [2.05, 4.69) is 14.9 Å². The summed E-state index contributed by atoms with van der Waals surface area (Å²) in [5, 5.41) is 0.869. The maximum Gasteiger partial charge on any atom is 0.416 e. The zero-order chi connectivity index (χ0) is 21.4. The molecule has 0 spiro atoms. The van der Waals surface area contributed by atoms with Gasteiger partial charge >= 0.3 is 6.18 Å². The van der Waals surface area contributed by atoms with Crippen LogP contribution < -0.4 is 4.90 Å². The molecule has 1 aliphatic rings. The van der Waals surface area contributed by atoms with Gasteiger partial charge in [0.1, 0.15) is 12.1 Å². The van der Waals surface area contributed by atoms with Gasteiger partial charge in [-0.05, 0) is 43.0 Å². The minimum Gasteiger partial charge on any atom is -0.356 e. The fourth-order valence-corrected chi connectivity index (χ4v) is 4.26. The molecule has 2 aromatic heterocycles. The van der Waals surface area contributed by atoms with Crippen LogP contribution >= 0.6 is 0 Å². The van der Waals surface area contributed by atoms with Crippen LogP contribution in [0.3, 0.4) is 0 Å². The van der Waals surface area contributed by atoms with Crippen molar-refractivity contribution < 1.29 is 13.2 Å². The van der Waals surface area contributed by atoms with Gasteiger partial charge in [-0.25, -0.2) is 9.97 Å². The second kappa shape index (κ2) is 7.72. The maximum absolute atomic E-state index is 13.3. The molecular formula is C24H21F3N4. The van der Waals surface area contributed by atoms with Crippen molar-refractivity contribution in [2.24, 2.45) is 0 Å². The standard InChI is InChI=1S/C24H21F3N4/c25-24(26,27)18-10-7-11-19(14-18)31-15-20(17-8-3-1-4-9-17)21-22(28-16-29-23(21)31)30-12-5-2-6-13-30/h1,3-4,7-11,14-16H,2,5-6,12-13H2. The Morgan fingerprint density at radius 2 is 1.61 bits per heavy atom. The van der Waals surface area contributed by atoms with Crippen LogP contribution in [0.5, 0.6) is 0 Å². The molecule has 0 aliphatic carbocycles. The molecule has 0 saturated carbocycles. The molecule has 0 atom stereocenters. The largest absolute Gasteiger partial charge is 0.416 e. The van der Waals surface area contributed by atoms with Gasteiger partial charge in [0.05, 0.1) is 10.9 Å². The maximum atomic E-state index is 13.3. The van der Waals surface area contributed by atoms with Crippen LogP contribution in [0, 0.1) is 0 Å². The third-order valence-corrected chi connectivity index (χ3v) is 5.76. The van der Waals surface area contributed by atoms with Gasteiger partial charge in [0.15, 0.2) is 5.65 Å². The predicted molar refractivity (Wildman–Crippen MR) is 115 cm³/mol. The average molecular weight is 422 g/mol. The van der Waals surface area contributed by atoms with E-state index in [4.69, 9.17) is 0 Å². The number of nitrogens with zero attached hydrogens (tertiary/aromatic N) is 4. The average Bonchev–Trinajstić information content (AvgIpc) is 3.20. The first-order chi connectivity index (χ1) is 15.0. The molecular weight excluding hydrogens is 401 g/mol. The van der Waals surface area contributed by atoms with Crippen LogP contribution in [-0.4, -0.2) is 27.6 Å². The van der Waals surface area contributed by atoms with Gasteiger partial charge in [0.25, 0.3) is 0 Å². The van der Waals surface area contributed by atoms with E-state index in [1.807, 2.05) is 36.5 Å². The Bertz CT molecular complexity index is 1210. The Morgan fingerprint density at radius 3 is 2.35 bits per heavy atom. The SMILES string of the molecule is FC(F)(F)c1cccc(-n2cc(-c3ccccc3)c3c(N4CCCCC4)ncnc32)c1. The van der Waals surface area contributed by atoms with Crippen LogP contribution in [0.15, 0.2) is 67.1 Å². The van der Waals surface area contributed by atoms with Crippen LogP contribution in [0.2, 0.25) is 0 Å². The van der Waals surface area contributed by atoms with Crippen molar-refractivity contribution in [1.82, 2.24) is 14.5 Å². The monoisotopic (exact) mass is 422 g/mol. The first-order valence-corrected chi connectivity index (χ1v) is 10.4. The van der Waals surface area contributed by atoms with E-state index in [1.165, 1.54) is 18.8 Å². The predicted octanol–water partition coefficient (Wildman–Crippen LogP) is 6.10. The molecule has 1 saturated heterocycles. The lowest BCUT2D eigenvalue weighted by Gasteiger charge is -2.28. The fourth-order valence-electron chi connectivity index (χ4n) is 4.26. The van der Waals surface area contributed by atoms with Crippen molar-refractivity contribution in [3.63, 3.8) is 0 Å². The number of benzene rings is 2. The topological polar surface area (TPSA) is 34.0 Å². The highest BCUT2D eigenvalue weighted by Crippen LogP contribution is 2.38. The zero-order valence-electron chi connectivity index (χ0n) is 16.8. The van der Waals surface area contributed by atoms with Crippen LogP contribution in [0.1, 0.15) is 24.8 Å². The van der Waals surface area contributed by atoms with E-state index in [9.17, 15) is 13.2 Å². The van der Waals surface area contributed by atoms with Crippen molar-refractivity contribution in [1.29, 1.82) is 0 Å². The quantitative estimate of drug-likeness (QED) is 0.400. The molecule has 0 amide bonds. The van der Waals surface area contributed by atoms with E-state index in [0.29, 0.717) is 11.3 Å². The normalized spacial score (nSPS) is 14.9. The number of fused-ring (bicyclic) bond motifs is 1. The Balaban J connectivity index is 1.76.